The SMILES string of the molecule is COc1ccc(CCNC(=O)O)cc1OCc1ccccc1. The third kappa shape index (κ3) is 4.70. The van der Waals surface area contributed by atoms with Crippen molar-refractivity contribution in [2.75, 3.05) is 13.7 Å². The summed E-state index contributed by atoms with van der Waals surface area (Å²) < 4.78 is 11.1. The lowest BCUT2D eigenvalue weighted by molar-refractivity contribution is 0.194. The molecule has 0 aliphatic rings. The van der Waals surface area contributed by atoms with Gasteiger partial charge < -0.3 is 19.9 Å². The van der Waals surface area contributed by atoms with Crippen LogP contribution in [0.15, 0.2) is 48.5 Å². The lowest BCUT2D eigenvalue weighted by Crippen LogP contribution is -2.23. The maximum atomic E-state index is 10.5. The van der Waals surface area contributed by atoms with E-state index < -0.39 is 6.09 Å². The zero-order chi connectivity index (χ0) is 15.8. The van der Waals surface area contributed by atoms with Gasteiger partial charge >= 0.3 is 6.09 Å². The van der Waals surface area contributed by atoms with E-state index in [9.17, 15) is 4.79 Å². The van der Waals surface area contributed by atoms with E-state index in [1.54, 1.807) is 7.11 Å². The summed E-state index contributed by atoms with van der Waals surface area (Å²) >= 11 is 0. The van der Waals surface area contributed by atoms with Gasteiger partial charge in [0.1, 0.15) is 6.61 Å². The van der Waals surface area contributed by atoms with Gasteiger partial charge in [0.2, 0.25) is 0 Å². The molecule has 5 nitrogen and oxygen atoms in total. The van der Waals surface area contributed by atoms with Crippen molar-refractivity contribution in [3.8, 4) is 11.5 Å². The largest absolute Gasteiger partial charge is 0.493 e. The topological polar surface area (TPSA) is 67.8 Å². The second-order valence-electron chi connectivity index (χ2n) is 4.74. The molecule has 0 atom stereocenters. The van der Waals surface area contributed by atoms with E-state index >= 15 is 0 Å². The summed E-state index contributed by atoms with van der Waals surface area (Å²) in [4.78, 5) is 10.5. The monoisotopic (exact) mass is 301 g/mol. The Morgan fingerprint density at radius 3 is 2.55 bits per heavy atom. The molecule has 2 aromatic carbocycles. The van der Waals surface area contributed by atoms with Crippen LogP contribution in [0.5, 0.6) is 11.5 Å². The van der Waals surface area contributed by atoms with Crippen LogP contribution in [0.2, 0.25) is 0 Å². The Morgan fingerprint density at radius 1 is 1.09 bits per heavy atom. The van der Waals surface area contributed by atoms with Crippen molar-refractivity contribution >= 4 is 6.09 Å². The first kappa shape index (κ1) is 15.7. The normalized spacial score (nSPS) is 10.0. The molecule has 116 valence electrons. The number of hydrogen-bond acceptors (Lipinski definition) is 3. The Kier molecular flexibility index (Phi) is 5.65. The lowest BCUT2D eigenvalue weighted by Gasteiger charge is -2.12. The molecule has 0 heterocycles. The van der Waals surface area contributed by atoms with Crippen LogP contribution in [0.1, 0.15) is 11.1 Å². The van der Waals surface area contributed by atoms with Crippen molar-refractivity contribution in [2.24, 2.45) is 0 Å². The highest BCUT2D eigenvalue weighted by atomic mass is 16.5. The highest BCUT2D eigenvalue weighted by molar-refractivity contribution is 5.64. The molecular formula is C17H19NO4. The molecule has 2 aromatic rings. The summed E-state index contributed by atoms with van der Waals surface area (Å²) in [6.45, 7) is 0.813. The summed E-state index contributed by atoms with van der Waals surface area (Å²) in [6, 6.07) is 15.5. The van der Waals surface area contributed by atoms with E-state index in [-0.39, 0.29) is 0 Å². The van der Waals surface area contributed by atoms with E-state index in [1.807, 2.05) is 48.5 Å². The molecule has 2 N–H and O–H groups in total. The number of carboxylic acid groups (broad SMARTS) is 1. The van der Waals surface area contributed by atoms with E-state index in [0.29, 0.717) is 31.1 Å². The fraction of sp³-hybridized carbons (Fsp3) is 0.235. The quantitative estimate of drug-likeness (QED) is 0.824. The van der Waals surface area contributed by atoms with Crippen LogP contribution in [-0.4, -0.2) is 24.9 Å². The third-order valence-corrected chi connectivity index (χ3v) is 3.16. The van der Waals surface area contributed by atoms with E-state index in [0.717, 1.165) is 11.1 Å². The Bertz CT molecular complexity index is 613. The van der Waals surface area contributed by atoms with Crippen LogP contribution >= 0.6 is 0 Å². The van der Waals surface area contributed by atoms with E-state index in [1.165, 1.54) is 0 Å². The number of rotatable bonds is 7. The Balaban J connectivity index is 2.02. The minimum absolute atomic E-state index is 0.361. The predicted molar refractivity (Wildman–Crippen MR) is 83.5 cm³/mol. The summed E-state index contributed by atoms with van der Waals surface area (Å²) in [7, 11) is 1.59. The van der Waals surface area contributed by atoms with Gasteiger partial charge in [0, 0.05) is 6.54 Å². The minimum Gasteiger partial charge on any atom is -0.493 e. The molecule has 0 spiro atoms. The van der Waals surface area contributed by atoms with Crippen molar-refractivity contribution in [3.63, 3.8) is 0 Å². The minimum atomic E-state index is -1.02. The average Bonchev–Trinajstić information content (AvgIpc) is 2.54. The van der Waals surface area contributed by atoms with Crippen molar-refractivity contribution in [1.29, 1.82) is 0 Å². The number of ether oxygens (including phenoxy) is 2. The standard InChI is InChI=1S/C17H19NO4/c1-21-15-8-7-13(9-10-18-17(19)20)11-16(15)22-12-14-5-3-2-4-6-14/h2-8,11,18H,9-10,12H2,1H3,(H,19,20). The summed E-state index contributed by atoms with van der Waals surface area (Å²) in [5.41, 5.74) is 2.06. The molecule has 0 saturated carbocycles. The van der Waals surface area contributed by atoms with Gasteiger partial charge in [-0.25, -0.2) is 4.79 Å². The molecule has 5 heteroatoms. The zero-order valence-corrected chi connectivity index (χ0v) is 12.4. The highest BCUT2D eigenvalue weighted by Crippen LogP contribution is 2.29. The van der Waals surface area contributed by atoms with Crippen LogP contribution in [-0.2, 0) is 13.0 Å². The molecule has 0 aliphatic heterocycles. The molecule has 0 aliphatic carbocycles. The first-order chi connectivity index (χ1) is 10.7. The third-order valence-electron chi connectivity index (χ3n) is 3.16. The Labute approximate surface area is 129 Å². The Morgan fingerprint density at radius 2 is 1.86 bits per heavy atom. The van der Waals surface area contributed by atoms with Crippen LogP contribution < -0.4 is 14.8 Å². The molecule has 2 rings (SSSR count). The van der Waals surface area contributed by atoms with Crippen molar-refractivity contribution in [2.45, 2.75) is 13.0 Å². The number of amides is 1. The number of carbonyl (C=O) groups is 1. The molecular weight excluding hydrogens is 282 g/mol. The highest BCUT2D eigenvalue weighted by Gasteiger charge is 2.07. The van der Waals surface area contributed by atoms with Crippen LogP contribution in [0.3, 0.4) is 0 Å². The molecule has 0 bridgehead atoms. The summed E-state index contributed by atoms with van der Waals surface area (Å²) in [5.74, 6) is 1.31. The Hall–Kier alpha value is -2.69. The number of benzene rings is 2. The first-order valence-corrected chi connectivity index (χ1v) is 6.99. The lowest BCUT2D eigenvalue weighted by atomic mass is 10.1. The second-order valence-corrected chi connectivity index (χ2v) is 4.74. The fourth-order valence-corrected chi connectivity index (χ4v) is 2.04. The van der Waals surface area contributed by atoms with Gasteiger partial charge in [0.15, 0.2) is 11.5 Å². The molecule has 0 unspecified atom stereocenters. The van der Waals surface area contributed by atoms with Crippen molar-refractivity contribution < 1.29 is 19.4 Å². The van der Waals surface area contributed by atoms with Gasteiger partial charge in [-0.2, -0.15) is 0 Å². The van der Waals surface area contributed by atoms with Gasteiger partial charge in [0.05, 0.1) is 7.11 Å². The van der Waals surface area contributed by atoms with Crippen LogP contribution in [0.4, 0.5) is 4.79 Å². The smallest absolute Gasteiger partial charge is 0.404 e. The molecule has 22 heavy (non-hydrogen) atoms. The van der Waals surface area contributed by atoms with E-state index in [4.69, 9.17) is 14.6 Å². The molecule has 1 amide bonds. The van der Waals surface area contributed by atoms with Crippen LogP contribution in [0, 0.1) is 0 Å². The molecule has 0 fully saturated rings. The van der Waals surface area contributed by atoms with Gasteiger partial charge in [-0.1, -0.05) is 36.4 Å². The number of hydrogen-bond donors (Lipinski definition) is 2. The van der Waals surface area contributed by atoms with Gasteiger partial charge in [-0.15, -0.1) is 0 Å². The number of nitrogens with one attached hydrogen (secondary N) is 1. The zero-order valence-electron chi connectivity index (χ0n) is 12.4. The van der Waals surface area contributed by atoms with Gasteiger partial charge in [-0.3, -0.25) is 0 Å². The first-order valence-electron chi connectivity index (χ1n) is 6.99. The average molecular weight is 301 g/mol. The maximum absolute atomic E-state index is 10.5. The second kappa shape index (κ2) is 7.93. The van der Waals surface area contributed by atoms with Gasteiger partial charge in [-0.05, 0) is 29.7 Å². The van der Waals surface area contributed by atoms with Gasteiger partial charge in [0.25, 0.3) is 0 Å². The van der Waals surface area contributed by atoms with Crippen molar-refractivity contribution in [3.05, 3.63) is 59.7 Å². The molecule has 0 aromatic heterocycles. The van der Waals surface area contributed by atoms with Crippen molar-refractivity contribution in [1.82, 2.24) is 5.32 Å². The predicted octanol–water partition coefficient (Wildman–Crippen LogP) is 3.08. The maximum Gasteiger partial charge on any atom is 0.404 e. The summed E-state index contributed by atoms with van der Waals surface area (Å²) in [6.07, 6.45) is -0.424. The number of methoxy groups -OCH3 is 1. The van der Waals surface area contributed by atoms with E-state index in [2.05, 4.69) is 5.32 Å². The fourth-order valence-electron chi connectivity index (χ4n) is 2.04. The molecule has 0 saturated heterocycles. The molecule has 0 radical (unpaired) electrons. The van der Waals surface area contributed by atoms with Crippen LogP contribution in [0.25, 0.3) is 0 Å². The summed E-state index contributed by atoms with van der Waals surface area (Å²) in [5, 5.41) is 10.9.